The number of aryl methyl sites for hydroxylation is 1. The minimum absolute atomic E-state index is 1.07. The Morgan fingerprint density at radius 3 is 2.88 bits per heavy atom. The van der Waals surface area contributed by atoms with Crippen LogP contribution in [0, 0.1) is 6.92 Å². The van der Waals surface area contributed by atoms with Crippen molar-refractivity contribution in [2.45, 2.75) is 6.92 Å². The van der Waals surface area contributed by atoms with Crippen molar-refractivity contribution in [3.05, 3.63) is 41.5 Å². The van der Waals surface area contributed by atoms with E-state index in [4.69, 9.17) is 0 Å². The van der Waals surface area contributed by atoms with Gasteiger partial charge in [-0.1, -0.05) is 42.0 Å². The lowest BCUT2D eigenvalue weighted by Gasteiger charge is -2.25. The maximum atomic E-state index is 3.36. The molecule has 0 bridgehead atoms. The molecule has 0 amide bonds. The summed E-state index contributed by atoms with van der Waals surface area (Å²) in [5, 5.41) is 3.36. The summed E-state index contributed by atoms with van der Waals surface area (Å²) in [6.45, 7) is 7.77. The molecule has 16 heavy (non-hydrogen) atoms. The molecular weight excluding hydrogens is 196 g/mol. The highest BCUT2D eigenvalue weighted by molar-refractivity contribution is 5.50. The summed E-state index contributed by atoms with van der Waals surface area (Å²) >= 11 is 0. The van der Waals surface area contributed by atoms with Crippen molar-refractivity contribution in [3.8, 4) is 0 Å². The first kappa shape index (κ1) is 11.4. The van der Waals surface area contributed by atoms with Gasteiger partial charge in [-0.25, -0.2) is 0 Å². The molecule has 1 N–H and O–H groups in total. The van der Waals surface area contributed by atoms with E-state index in [2.05, 4.69) is 53.6 Å². The van der Waals surface area contributed by atoms with Crippen molar-refractivity contribution in [3.63, 3.8) is 0 Å². The van der Waals surface area contributed by atoms with Crippen LogP contribution in [-0.2, 0) is 0 Å². The lowest BCUT2D eigenvalue weighted by Crippen LogP contribution is -2.43. The minimum atomic E-state index is 1.07. The van der Waals surface area contributed by atoms with E-state index >= 15 is 0 Å². The van der Waals surface area contributed by atoms with Gasteiger partial charge in [0.15, 0.2) is 0 Å². The van der Waals surface area contributed by atoms with Gasteiger partial charge in [-0.05, 0) is 12.5 Å². The van der Waals surface area contributed by atoms with Gasteiger partial charge in [-0.3, -0.25) is 4.90 Å². The third-order valence-electron chi connectivity index (χ3n) is 2.93. The van der Waals surface area contributed by atoms with E-state index in [1.165, 1.54) is 11.1 Å². The first-order valence-electron chi connectivity index (χ1n) is 6.01. The van der Waals surface area contributed by atoms with Gasteiger partial charge < -0.3 is 5.32 Å². The number of rotatable bonds is 3. The Labute approximate surface area is 98.0 Å². The maximum absolute atomic E-state index is 3.36. The fourth-order valence-electron chi connectivity index (χ4n) is 2.01. The highest BCUT2D eigenvalue weighted by atomic mass is 15.2. The zero-order valence-corrected chi connectivity index (χ0v) is 9.95. The fourth-order valence-corrected chi connectivity index (χ4v) is 2.01. The summed E-state index contributed by atoms with van der Waals surface area (Å²) in [7, 11) is 0. The van der Waals surface area contributed by atoms with Gasteiger partial charge in [0.05, 0.1) is 0 Å². The summed E-state index contributed by atoms with van der Waals surface area (Å²) in [4.78, 5) is 2.47. The lowest BCUT2D eigenvalue weighted by atomic mass is 10.1. The van der Waals surface area contributed by atoms with Crippen LogP contribution in [0.2, 0.25) is 0 Å². The molecule has 0 unspecified atom stereocenters. The molecule has 0 spiro atoms. The van der Waals surface area contributed by atoms with Gasteiger partial charge in [0, 0.05) is 32.7 Å². The van der Waals surface area contributed by atoms with Gasteiger partial charge in [0.1, 0.15) is 0 Å². The maximum Gasteiger partial charge on any atom is 0.0167 e. The summed E-state index contributed by atoms with van der Waals surface area (Å²) in [6, 6.07) is 8.61. The van der Waals surface area contributed by atoms with Crippen molar-refractivity contribution in [1.82, 2.24) is 10.2 Å². The van der Waals surface area contributed by atoms with Crippen molar-refractivity contribution in [2.24, 2.45) is 0 Å². The molecule has 0 saturated carbocycles. The molecule has 0 aromatic heterocycles. The van der Waals surface area contributed by atoms with Crippen LogP contribution in [-0.4, -0.2) is 37.6 Å². The zero-order chi connectivity index (χ0) is 11.2. The molecule has 1 saturated heterocycles. The quantitative estimate of drug-likeness (QED) is 0.830. The van der Waals surface area contributed by atoms with Gasteiger partial charge in [0.2, 0.25) is 0 Å². The molecule has 1 aliphatic rings. The Bertz CT molecular complexity index is 352. The van der Waals surface area contributed by atoms with Crippen LogP contribution in [0.1, 0.15) is 11.1 Å². The van der Waals surface area contributed by atoms with Crippen LogP contribution >= 0.6 is 0 Å². The molecule has 0 atom stereocenters. The molecule has 86 valence electrons. The summed E-state index contributed by atoms with van der Waals surface area (Å²) < 4.78 is 0. The molecule has 2 nitrogen and oxygen atoms in total. The van der Waals surface area contributed by atoms with Gasteiger partial charge in [-0.15, -0.1) is 0 Å². The second kappa shape index (κ2) is 5.83. The third-order valence-corrected chi connectivity index (χ3v) is 2.93. The second-order valence-corrected chi connectivity index (χ2v) is 4.37. The van der Waals surface area contributed by atoms with E-state index in [1.807, 2.05) is 0 Å². The van der Waals surface area contributed by atoms with Crippen LogP contribution in [0.25, 0.3) is 6.08 Å². The van der Waals surface area contributed by atoms with Crippen LogP contribution in [0.3, 0.4) is 0 Å². The Morgan fingerprint density at radius 1 is 1.31 bits per heavy atom. The van der Waals surface area contributed by atoms with Crippen molar-refractivity contribution < 1.29 is 0 Å². The average molecular weight is 216 g/mol. The first-order chi connectivity index (χ1) is 7.84. The van der Waals surface area contributed by atoms with Crippen molar-refractivity contribution in [2.75, 3.05) is 32.7 Å². The third kappa shape index (κ3) is 3.47. The first-order valence-corrected chi connectivity index (χ1v) is 6.01. The monoisotopic (exact) mass is 216 g/mol. The smallest absolute Gasteiger partial charge is 0.0167 e. The molecule has 0 aliphatic carbocycles. The van der Waals surface area contributed by atoms with E-state index in [9.17, 15) is 0 Å². The highest BCUT2D eigenvalue weighted by Crippen LogP contribution is 2.06. The molecule has 2 heteroatoms. The fraction of sp³-hybridized carbons (Fsp3) is 0.429. The van der Waals surface area contributed by atoms with Gasteiger partial charge in [0.25, 0.3) is 0 Å². The average Bonchev–Trinajstić information content (AvgIpc) is 2.30. The lowest BCUT2D eigenvalue weighted by molar-refractivity contribution is 0.265. The van der Waals surface area contributed by atoms with Crippen molar-refractivity contribution in [1.29, 1.82) is 0 Å². The zero-order valence-electron chi connectivity index (χ0n) is 9.95. The largest absolute Gasteiger partial charge is 0.314 e. The number of piperazine rings is 1. The number of hydrogen-bond acceptors (Lipinski definition) is 2. The molecule has 1 aromatic carbocycles. The van der Waals surface area contributed by atoms with E-state index in [0.717, 1.165) is 32.7 Å². The molecule has 2 rings (SSSR count). The number of benzene rings is 1. The summed E-state index contributed by atoms with van der Waals surface area (Å²) in [5.41, 5.74) is 2.62. The number of nitrogens with one attached hydrogen (secondary N) is 1. The van der Waals surface area contributed by atoms with E-state index in [1.54, 1.807) is 0 Å². The second-order valence-electron chi connectivity index (χ2n) is 4.37. The SMILES string of the molecule is Cc1cccc(/C=C/CN2CCNCC2)c1. The van der Waals surface area contributed by atoms with E-state index in [0.29, 0.717) is 0 Å². The van der Waals surface area contributed by atoms with Gasteiger partial charge >= 0.3 is 0 Å². The van der Waals surface area contributed by atoms with Gasteiger partial charge in [-0.2, -0.15) is 0 Å². The molecule has 0 radical (unpaired) electrons. The van der Waals surface area contributed by atoms with Crippen LogP contribution < -0.4 is 5.32 Å². The molecule has 1 aliphatic heterocycles. The minimum Gasteiger partial charge on any atom is -0.314 e. The van der Waals surface area contributed by atoms with Crippen LogP contribution in [0.5, 0.6) is 0 Å². The Balaban J connectivity index is 1.84. The number of nitrogens with zero attached hydrogens (tertiary/aromatic N) is 1. The van der Waals surface area contributed by atoms with Crippen LogP contribution in [0.15, 0.2) is 30.3 Å². The van der Waals surface area contributed by atoms with E-state index < -0.39 is 0 Å². The van der Waals surface area contributed by atoms with E-state index in [-0.39, 0.29) is 0 Å². The molecule has 1 aromatic rings. The Hall–Kier alpha value is -1.12. The normalized spacial score (nSPS) is 18.1. The predicted molar refractivity (Wildman–Crippen MR) is 69.5 cm³/mol. The standard InChI is InChI=1S/C14H20N2/c1-13-4-2-5-14(12-13)6-3-9-16-10-7-15-8-11-16/h2-6,12,15H,7-11H2,1H3/b6-3+. The molecule has 1 fully saturated rings. The number of hydrogen-bond donors (Lipinski definition) is 1. The molecule has 1 heterocycles. The highest BCUT2D eigenvalue weighted by Gasteiger charge is 2.06. The summed E-state index contributed by atoms with van der Waals surface area (Å²) in [5.74, 6) is 0. The van der Waals surface area contributed by atoms with Crippen molar-refractivity contribution >= 4 is 6.08 Å². The predicted octanol–water partition coefficient (Wildman–Crippen LogP) is 1.91. The Morgan fingerprint density at radius 2 is 2.12 bits per heavy atom. The summed E-state index contributed by atoms with van der Waals surface area (Å²) in [6.07, 6.45) is 4.48. The topological polar surface area (TPSA) is 15.3 Å². The Kier molecular flexibility index (Phi) is 4.14. The van der Waals surface area contributed by atoms with Crippen LogP contribution in [0.4, 0.5) is 0 Å². The molecular formula is C14H20N2.